The van der Waals surface area contributed by atoms with Crippen LogP contribution >= 0.6 is 15.9 Å². The van der Waals surface area contributed by atoms with Crippen molar-refractivity contribution in [3.8, 4) is 5.75 Å². The van der Waals surface area contributed by atoms with Crippen molar-refractivity contribution in [3.63, 3.8) is 0 Å². The zero-order chi connectivity index (χ0) is 21.5. The van der Waals surface area contributed by atoms with Crippen molar-refractivity contribution >= 4 is 15.9 Å². The van der Waals surface area contributed by atoms with E-state index in [1.54, 1.807) is 6.07 Å². The molecule has 4 heteroatoms. The third kappa shape index (κ3) is 6.42. The molecule has 162 valence electrons. The first kappa shape index (κ1) is 22.1. The fourth-order valence-electron chi connectivity index (χ4n) is 4.49. The van der Waals surface area contributed by atoms with E-state index >= 15 is 0 Å². The van der Waals surface area contributed by atoms with E-state index in [1.165, 1.54) is 11.1 Å². The summed E-state index contributed by atoms with van der Waals surface area (Å²) in [5, 5.41) is 10.2. The van der Waals surface area contributed by atoms with Gasteiger partial charge in [0, 0.05) is 35.7 Å². The Bertz CT molecular complexity index is 940. The van der Waals surface area contributed by atoms with Gasteiger partial charge in [0.15, 0.2) is 0 Å². The number of nitrogens with zero attached hydrogens (tertiary/aromatic N) is 2. The van der Waals surface area contributed by atoms with E-state index in [2.05, 4.69) is 86.4 Å². The molecular formula is C27H31BrN2O. The molecule has 0 amide bonds. The molecule has 0 atom stereocenters. The number of benzene rings is 3. The van der Waals surface area contributed by atoms with E-state index in [-0.39, 0.29) is 0 Å². The third-order valence-corrected chi connectivity index (χ3v) is 6.76. The van der Waals surface area contributed by atoms with Gasteiger partial charge in [-0.1, -0.05) is 76.6 Å². The van der Waals surface area contributed by atoms with Crippen molar-refractivity contribution in [3.05, 3.63) is 100 Å². The molecule has 3 nitrogen and oxygen atoms in total. The molecule has 1 N–H and O–H groups in total. The summed E-state index contributed by atoms with van der Waals surface area (Å²) in [5.74, 6) is 0.388. The van der Waals surface area contributed by atoms with Gasteiger partial charge in [-0.2, -0.15) is 0 Å². The fourth-order valence-corrected chi connectivity index (χ4v) is 4.90. The van der Waals surface area contributed by atoms with Gasteiger partial charge in [0.1, 0.15) is 5.75 Å². The minimum absolute atomic E-state index is 0.388. The number of halogens is 1. The number of hydrogen-bond donors (Lipinski definition) is 1. The molecule has 3 aromatic rings. The molecule has 1 fully saturated rings. The van der Waals surface area contributed by atoms with Gasteiger partial charge in [-0.05, 0) is 61.7 Å². The Morgan fingerprint density at radius 1 is 0.871 bits per heavy atom. The van der Waals surface area contributed by atoms with Gasteiger partial charge in [0.2, 0.25) is 0 Å². The maximum atomic E-state index is 10.2. The Balaban J connectivity index is 1.38. The topological polar surface area (TPSA) is 26.7 Å². The van der Waals surface area contributed by atoms with Gasteiger partial charge in [0.25, 0.3) is 0 Å². The molecule has 0 saturated carbocycles. The summed E-state index contributed by atoms with van der Waals surface area (Å²) in [4.78, 5) is 5.14. The monoisotopic (exact) mass is 478 g/mol. The first-order chi connectivity index (χ1) is 15.2. The van der Waals surface area contributed by atoms with Crippen molar-refractivity contribution in [2.75, 3.05) is 19.6 Å². The lowest BCUT2D eigenvalue weighted by atomic mass is 10.0. The van der Waals surface area contributed by atoms with Crippen LogP contribution in [0.25, 0.3) is 0 Å². The maximum Gasteiger partial charge on any atom is 0.120 e. The summed E-state index contributed by atoms with van der Waals surface area (Å²) in [6, 6.07) is 27.9. The molecule has 31 heavy (non-hydrogen) atoms. The summed E-state index contributed by atoms with van der Waals surface area (Å²) in [7, 11) is 0. The van der Waals surface area contributed by atoms with Crippen LogP contribution in [0.3, 0.4) is 0 Å². The van der Waals surface area contributed by atoms with Crippen LogP contribution < -0.4 is 0 Å². The molecule has 1 saturated heterocycles. The zero-order valence-electron chi connectivity index (χ0n) is 18.0. The summed E-state index contributed by atoms with van der Waals surface area (Å²) in [6.45, 7) is 5.02. The Morgan fingerprint density at radius 3 is 2.19 bits per heavy atom. The molecule has 0 spiro atoms. The summed E-state index contributed by atoms with van der Waals surface area (Å²) in [5.41, 5.74) is 3.79. The highest BCUT2D eigenvalue weighted by molar-refractivity contribution is 9.10. The normalized spacial score (nSPS) is 15.4. The first-order valence-electron chi connectivity index (χ1n) is 11.2. The zero-order valence-corrected chi connectivity index (χ0v) is 19.5. The molecule has 4 rings (SSSR count). The lowest BCUT2D eigenvalue weighted by molar-refractivity contribution is 0.0993. The molecule has 0 aromatic heterocycles. The highest BCUT2D eigenvalue weighted by Gasteiger charge is 2.25. The van der Waals surface area contributed by atoms with Gasteiger partial charge in [0.05, 0.1) is 0 Å². The van der Waals surface area contributed by atoms with Crippen molar-refractivity contribution < 1.29 is 5.11 Å². The summed E-state index contributed by atoms with van der Waals surface area (Å²) < 4.78 is 1.02. The predicted molar refractivity (Wildman–Crippen MR) is 131 cm³/mol. The Hall–Kier alpha value is -2.14. The number of likely N-dealkylation sites (tertiary alicyclic amines) is 1. The molecule has 0 bridgehead atoms. The summed E-state index contributed by atoms with van der Waals surface area (Å²) in [6.07, 6.45) is 3.41. The van der Waals surface area contributed by atoms with Crippen molar-refractivity contribution in [1.82, 2.24) is 9.80 Å². The Kier molecular flexibility index (Phi) is 7.79. The number of rotatable bonds is 8. The number of hydrogen-bond acceptors (Lipinski definition) is 3. The van der Waals surface area contributed by atoms with Crippen LogP contribution in [0.2, 0.25) is 0 Å². The average Bonchev–Trinajstić information content (AvgIpc) is 2.81. The lowest BCUT2D eigenvalue weighted by Crippen LogP contribution is -2.45. The highest BCUT2D eigenvalue weighted by atomic mass is 79.9. The van der Waals surface area contributed by atoms with Crippen molar-refractivity contribution in [1.29, 1.82) is 0 Å². The smallest absolute Gasteiger partial charge is 0.120 e. The number of phenols is 1. The summed E-state index contributed by atoms with van der Waals surface area (Å²) >= 11 is 3.52. The van der Waals surface area contributed by atoms with Gasteiger partial charge < -0.3 is 5.11 Å². The second-order valence-corrected chi connectivity index (χ2v) is 9.39. The van der Waals surface area contributed by atoms with E-state index in [1.807, 2.05) is 12.1 Å². The van der Waals surface area contributed by atoms with Crippen molar-refractivity contribution in [2.45, 2.75) is 38.4 Å². The second kappa shape index (κ2) is 10.9. The fraction of sp³-hybridized carbons (Fsp3) is 0.333. The molecule has 0 radical (unpaired) electrons. The quantitative estimate of drug-likeness (QED) is 0.438. The largest absolute Gasteiger partial charge is 0.508 e. The Morgan fingerprint density at radius 2 is 1.52 bits per heavy atom. The predicted octanol–water partition coefficient (Wildman–Crippen LogP) is 5.86. The number of aromatic hydroxyl groups is 1. The van der Waals surface area contributed by atoms with Crippen LogP contribution in [-0.4, -0.2) is 40.6 Å². The van der Waals surface area contributed by atoms with E-state index in [9.17, 15) is 5.11 Å². The number of piperidine rings is 1. The lowest BCUT2D eigenvalue weighted by Gasteiger charge is -2.39. The van der Waals surface area contributed by atoms with Crippen LogP contribution in [0.4, 0.5) is 0 Å². The molecule has 1 aliphatic rings. The van der Waals surface area contributed by atoms with E-state index in [0.717, 1.165) is 62.0 Å². The standard InChI is InChI=1S/C27H31BrN2O/c28-25-11-12-27(31)24(19-25)21-29-16-14-26(15-17-29)30(20-23-9-5-2-6-10-23)18-13-22-7-3-1-4-8-22/h1-12,19,26,31H,13-18,20-21H2. The van der Waals surface area contributed by atoms with Gasteiger partial charge in [-0.3, -0.25) is 9.80 Å². The molecule has 0 aliphatic carbocycles. The molecule has 3 aromatic carbocycles. The van der Waals surface area contributed by atoms with Crippen LogP contribution in [-0.2, 0) is 19.5 Å². The third-order valence-electron chi connectivity index (χ3n) is 6.27. The minimum Gasteiger partial charge on any atom is -0.508 e. The van der Waals surface area contributed by atoms with Gasteiger partial charge in [-0.15, -0.1) is 0 Å². The van der Waals surface area contributed by atoms with E-state index in [4.69, 9.17) is 0 Å². The van der Waals surface area contributed by atoms with Crippen LogP contribution in [0.1, 0.15) is 29.5 Å². The van der Waals surface area contributed by atoms with Crippen molar-refractivity contribution in [2.24, 2.45) is 0 Å². The van der Waals surface area contributed by atoms with Gasteiger partial charge >= 0.3 is 0 Å². The molecular weight excluding hydrogens is 448 g/mol. The SMILES string of the molecule is Oc1ccc(Br)cc1CN1CCC(N(CCc2ccccc2)Cc2ccccc2)CC1. The van der Waals surface area contributed by atoms with Crippen LogP contribution in [0, 0.1) is 0 Å². The average molecular weight is 479 g/mol. The minimum atomic E-state index is 0.388. The van der Waals surface area contributed by atoms with Crippen LogP contribution in [0.5, 0.6) is 5.75 Å². The highest BCUT2D eigenvalue weighted by Crippen LogP contribution is 2.26. The second-order valence-electron chi connectivity index (χ2n) is 8.47. The molecule has 0 unspecified atom stereocenters. The van der Waals surface area contributed by atoms with Crippen LogP contribution in [0.15, 0.2) is 83.3 Å². The van der Waals surface area contributed by atoms with E-state index in [0.29, 0.717) is 11.8 Å². The Labute approximate surface area is 194 Å². The first-order valence-corrected chi connectivity index (χ1v) is 12.0. The molecule has 1 aliphatic heterocycles. The number of phenolic OH excluding ortho intramolecular Hbond substituents is 1. The molecule has 1 heterocycles. The van der Waals surface area contributed by atoms with E-state index < -0.39 is 0 Å². The van der Waals surface area contributed by atoms with Gasteiger partial charge in [-0.25, -0.2) is 0 Å². The maximum absolute atomic E-state index is 10.2.